The molecule has 1 N–H and O–H groups in total. The molecule has 0 aliphatic carbocycles. The van der Waals surface area contributed by atoms with Crippen LogP contribution in [0.25, 0.3) is 0 Å². The van der Waals surface area contributed by atoms with E-state index >= 15 is 0 Å². The van der Waals surface area contributed by atoms with E-state index in [1.807, 2.05) is 12.1 Å². The number of nitrogens with one attached hydrogen (secondary N) is 1. The van der Waals surface area contributed by atoms with E-state index in [0.717, 1.165) is 5.75 Å². The van der Waals surface area contributed by atoms with Crippen LogP contribution in [0.3, 0.4) is 0 Å². The summed E-state index contributed by atoms with van der Waals surface area (Å²) in [7, 11) is 0. The van der Waals surface area contributed by atoms with Gasteiger partial charge in [-0.2, -0.15) is 0 Å². The summed E-state index contributed by atoms with van der Waals surface area (Å²) >= 11 is 1.79. The van der Waals surface area contributed by atoms with Crippen molar-refractivity contribution < 1.29 is 8.78 Å². The fraction of sp³-hybridized carbons (Fsp3) is 0.200. The summed E-state index contributed by atoms with van der Waals surface area (Å²) in [6.45, 7) is 0.544. The van der Waals surface area contributed by atoms with E-state index in [2.05, 4.69) is 17.4 Å². The number of anilines is 1. The van der Waals surface area contributed by atoms with E-state index in [9.17, 15) is 8.78 Å². The zero-order valence-electron chi connectivity index (χ0n) is 10.2. The topological polar surface area (TPSA) is 12.0 Å². The predicted octanol–water partition coefficient (Wildman–Crippen LogP) is 4.27. The molecular formula is C15H13F2NS. The molecule has 4 heteroatoms. The lowest BCUT2D eigenvalue weighted by molar-refractivity contribution is 0.586. The van der Waals surface area contributed by atoms with Crippen molar-refractivity contribution >= 4 is 17.4 Å². The minimum Gasteiger partial charge on any atom is -0.380 e. The fourth-order valence-electron chi connectivity index (χ4n) is 2.29. The van der Waals surface area contributed by atoms with Crippen LogP contribution in [0.5, 0.6) is 0 Å². The molecule has 19 heavy (non-hydrogen) atoms. The van der Waals surface area contributed by atoms with Gasteiger partial charge in [0.15, 0.2) is 0 Å². The van der Waals surface area contributed by atoms with Crippen molar-refractivity contribution in [2.75, 3.05) is 17.6 Å². The average molecular weight is 277 g/mol. The molecule has 1 unspecified atom stereocenters. The van der Waals surface area contributed by atoms with Gasteiger partial charge >= 0.3 is 0 Å². The summed E-state index contributed by atoms with van der Waals surface area (Å²) in [6.07, 6.45) is 0. The van der Waals surface area contributed by atoms with Crippen LogP contribution in [0.4, 0.5) is 14.5 Å². The maximum absolute atomic E-state index is 13.5. The Morgan fingerprint density at radius 1 is 1.05 bits per heavy atom. The Kier molecular flexibility index (Phi) is 3.42. The Balaban J connectivity index is 1.75. The molecule has 0 bridgehead atoms. The van der Waals surface area contributed by atoms with Crippen molar-refractivity contribution in [1.29, 1.82) is 0 Å². The molecule has 1 heterocycles. The molecule has 0 aromatic heterocycles. The quantitative estimate of drug-likeness (QED) is 0.899. The van der Waals surface area contributed by atoms with Crippen molar-refractivity contribution in [2.45, 2.75) is 10.8 Å². The number of rotatable bonds is 3. The summed E-state index contributed by atoms with van der Waals surface area (Å²) in [4.78, 5) is 1.27. The minimum absolute atomic E-state index is 0.0307. The first kappa shape index (κ1) is 12.5. The monoisotopic (exact) mass is 277 g/mol. The molecule has 0 fully saturated rings. The van der Waals surface area contributed by atoms with E-state index in [-0.39, 0.29) is 5.69 Å². The van der Waals surface area contributed by atoms with Crippen LogP contribution in [-0.2, 0) is 0 Å². The van der Waals surface area contributed by atoms with Crippen LogP contribution < -0.4 is 5.32 Å². The summed E-state index contributed by atoms with van der Waals surface area (Å²) in [5, 5.41) is 2.90. The molecule has 1 atom stereocenters. The van der Waals surface area contributed by atoms with Gasteiger partial charge in [-0.05, 0) is 23.8 Å². The van der Waals surface area contributed by atoms with Gasteiger partial charge in [-0.25, -0.2) is 8.78 Å². The molecule has 3 rings (SSSR count). The number of halogens is 2. The molecule has 0 radical (unpaired) electrons. The molecule has 1 aliphatic heterocycles. The zero-order chi connectivity index (χ0) is 13.2. The van der Waals surface area contributed by atoms with Gasteiger partial charge in [-0.1, -0.05) is 24.3 Å². The highest BCUT2D eigenvalue weighted by atomic mass is 32.2. The third-order valence-corrected chi connectivity index (χ3v) is 4.54. The maximum atomic E-state index is 13.5. The van der Waals surface area contributed by atoms with Gasteiger partial charge in [0, 0.05) is 23.1 Å². The second kappa shape index (κ2) is 5.21. The molecule has 2 aromatic rings. The standard InChI is InChI=1S/C15H13F2NS/c16-12-5-3-6-13(17)15(12)18-8-10-9-19-14-7-2-1-4-11(10)14/h1-7,10,18H,8-9H2. The smallest absolute Gasteiger partial charge is 0.149 e. The molecule has 0 amide bonds. The number of para-hydroxylation sites is 1. The van der Waals surface area contributed by atoms with Crippen molar-refractivity contribution in [2.24, 2.45) is 0 Å². The summed E-state index contributed by atoms with van der Waals surface area (Å²) < 4.78 is 27.0. The van der Waals surface area contributed by atoms with Crippen molar-refractivity contribution in [3.05, 3.63) is 59.7 Å². The van der Waals surface area contributed by atoms with Gasteiger partial charge in [0.1, 0.15) is 17.3 Å². The van der Waals surface area contributed by atoms with Crippen LogP contribution in [0.15, 0.2) is 47.4 Å². The molecule has 2 aromatic carbocycles. The van der Waals surface area contributed by atoms with E-state index in [0.29, 0.717) is 12.5 Å². The lowest BCUT2D eigenvalue weighted by Crippen LogP contribution is -2.14. The molecule has 1 nitrogen and oxygen atoms in total. The van der Waals surface area contributed by atoms with Gasteiger partial charge in [-0.3, -0.25) is 0 Å². The van der Waals surface area contributed by atoms with Gasteiger partial charge in [0.2, 0.25) is 0 Å². The number of hydrogen-bond acceptors (Lipinski definition) is 2. The number of thioether (sulfide) groups is 1. The second-order valence-electron chi connectivity index (χ2n) is 4.52. The zero-order valence-corrected chi connectivity index (χ0v) is 11.0. The third-order valence-electron chi connectivity index (χ3n) is 3.29. The Morgan fingerprint density at radius 2 is 1.79 bits per heavy atom. The molecule has 98 valence electrons. The van der Waals surface area contributed by atoms with Crippen LogP contribution in [0, 0.1) is 11.6 Å². The van der Waals surface area contributed by atoms with Gasteiger partial charge < -0.3 is 5.32 Å². The van der Waals surface area contributed by atoms with Crippen molar-refractivity contribution in [1.82, 2.24) is 0 Å². The predicted molar refractivity (Wildman–Crippen MR) is 74.8 cm³/mol. The Hall–Kier alpha value is -1.55. The van der Waals surface area contributed by atoms with E-state index in [4.69, 9.17) is 0 Å². The van der Waals surface area contributed by atoms with Gasteiger partial charge in [0.25, 0.3) is 0 Å². The fourth-order valence-corrected chi connectivity index (χ4v) is 3.54. The number of benzene rings is 2. The molecule has 0 spiro atoms. The third kappa shape index (κ3) is 2.45. The maximum Gasteiger partial charge on any atom is 0.149 e. The average Bonchev–Trinajstić information content (AvgIpc) is 2.82. The highest BCUT2D eigenvalue weighted by molar-refractivity contribution is 7.99. The SMILES string of the molecule is Fc1cccc(F)c1NCC1CSc2ccccc21. The lowest BCUT2D eigenvalue weighted by Gasteiger charge is -2.14. The van der Waals surface area contributed by atoms with Gasteiger partial charge in [0.05, 0.1) is 0 Å². The molecule has 1 aliphatic rings. The summed E-state index contributed by atoms with van der Waals surface area (Å²) in [6, 6.07) is 12.1. The number of fused-ring (bicyclic) bond motifs is 1. The van der Waals surface area contributed by atoms with E-state index in [1.54, 1.807) is 11.8 Å². The highest BCUT2D eigenvalue weighted by Crippen LogP contribution is 2.39. The Labute approximate surface area is 115 Å². The lowest BCUT2D eigenvalue weighted by atomic mass is 10.0. The molecule has 0 saturated carbocycles. The first-order valence-corrected chi connectivity index (χ1v) is 7.14. The Bertz CT molecular complexity index is 580. The first-order valence-electron chi connectivity index (χ1n) is 6.15. The van der Waals surface area contributed by atoms with Crippen LogP contribution in [0.1, 0.15) is 11.5 Å². The first-order chi connectivity index (χ1) is 9.25. The second-order valence-corrected chi connectivity index (χ2v) is 5.59. The van der Waals surface area contributed by atoms with E-state index in [1.165, 1.54) is 28.7 Å². The molecule has 0 saturated heterocycles. The van der Waals surface area contributed by atoms with E-state index < -0.39 is 11.6 Å². The van der Waals surface area contributed by atoms with Crippen LogP contribution in [-0.4, -0.2) is 12.3 Å². The summed E-state index contributed by atoms with van der Waals surface area (Å²) in [5.74, 6) is 0.153. The van der Waals surface area contributed by atoms with Gasteiger partial charge in [-0.15, -0.1) is 11.8 Å². The minimum atomic E-state index is -0.543. The highest BCUT2D eigenvalue weighted by Gasteiger charge is 2.23. The normalized spacial score (nSPS) is 17.3. The molecular weight excluding hydrogens is 264 g/mol. The Morgan fingerprint density at radius 3 is 2.58 bits per heavy atom. The van der Waals surface area contributed by atoms with Crippen molar-refractivity contribution in [3.63, 3.8) is 0 Å². The van der Waals surface area contributed by atoms with Crippen LogP contribution in [0.2, 0.25) is 0 Å². The summed E-state index contributed by atoms with van der Waals surface area (Å²) in [5.41, 5.74) is 1.23. The largest absolute Gasteiger partial charge is 0.380 e. The van der Waals surface area contributed by atoms with Crippen LogP contribution >= 0.6 is 11.8 Å². The van der Waals surface area contributed by atoms with Crippen molar-refractivity contribution in [3.8, 4) is 0 Å². The number of hydrogen-bond donors (Lipinski definition) is 1.